The summed E-state index contributed by atoms with van der Waals surface area (Å²) in [6, 6.07) is 1.63. The van der Waals surface area contributed by atoms with Crippen LogP contribution >= 0.6 is 11.8 Å². The number of hydrogen-bond donors (Lipinski definition) is 8. The molecule has 0 saturated carbocycles. The molecule has 4 heterocycles. The van der Waals surface area contributed by atoms with E-state index in [4.69, 9.17) is 9.47 Å². The number of rotatable bonds is 10. The van der Waals surface area contributed by atoms with Crippen LogP contribution in [-0.4, -0.2) is 110 Å². The van der Waals surface area contributed by atoms with Crippen LogP contribution in [0.2, 0.25) is 0 Å². The van der Waals surface area contributed by atoms with Gasteiger partial charge in [-0.15, -0.1) is 0 Å². The van der Waals surface area contributed by atoms with E-state index in [0.29, 0.717) is 6.42 Å². The Morgan fingerprint density at radius 2 is 2.05 bits per heavy atom. The summed E-state index contributed by atoms with van der Waals surface area (Å²) in [6.45, 7) is 1.13. The number of nitrogens with one attached hydrogen (secondary N) is 4. The quantitative estimate of drug-likeness (QED) is 0.105. The first kappa shape index (κ1) is 28.4. The fourth-order valence-electron chi connectivity index (χ4n) is 4.75. The van der Waals surface area contributed by atoms with E-state index in [2.05, 4.69) is 26.3 Å². The van der Waals surface area contributed by atoms with Crippen LogP contribution in [0.25, 0.3) is 0 Å². The second-order valence-corrected chi connectivity index (χ2v) is 10.8. The van der Waals surface area contributed by atoms with E-state index in [1.54, 1.807) is 11.8 Å². The van der Waals surface area contributed by atoms with E-state index in [-0.39, 0.29) is 53.6 Å². The van der Waals surface area contributed by atoms with Gasteiger partial charge >= 0.3 is 13.1 Å². The van der Waals surface area contributed by atoms with Crippen molar-refractivity contribution >= 4 is 42.3 Å². The average molecular weight is 553 g/mol. The monoisotopic (exact) mass is 553 g/mol. The third-order valence-corrected chi connectivity index (χ3v) is 8.19. The Morgan fingerprint density at radius 1 is 1.26 bits per heavy atom. The van der Waals surface area contributed by atoms with Gasteiger partial charge < -0.3 is 51.0 Å². The van der Waals surface area contributed by atoms with Crippen molar-refractivity contribution in [1.29, 1.82) is 0 Å². The molecular formula is C22H32BN5O9S. The highest BCUT2D eigenvalue weighted by Crippen LogP contribution is 2.33. The lowest BCUT2D eigenvalue weighted by Gasteiger charge is -2.42. The molecule has 3 fully saturated rings. The summed E-state index contributed by atoms with van der Waals surface area (Å²) in [6.07, 6.45) is -2.34. The number of urea groups is 1. The molecule has 0 aliphatic carbocycles. The number of carbonyl (C=O) groups excluding carboxylic acids is 3. The molecule has 1 aromatic rings. The lowest BCUT2D eigenvalue weighted by atomic mass is 9.86. The summed E-state index contributed by atoms with van der Waals surface area (Å²) in [5.41, 5.74) is -0.00706. The fraction of sp³-hybridized carbons (Fsp3) is 0.636. The van der Waals surface area contributed by atoms with Gasteiger partial charge in [-0.05, 0) is 25.0 Å². The van der Waals surface area contributed by atoms with Crippen molar-refractivity contribution in [3.05, 3.63) is 18.3 Å². The highest BCUT2D eigenvalue weighted by Gasteiger charge is 2.46. The van der Waals surface area contributed by atoms with Crippen molar-refractivity contribution in [1.82, 2.24) is 26.3 Å². The second kappa shape index (κ2) is 12.5. The average Bonchev–Trinajstić information content (AvgIpc) is 3.42. The standard InChI is InChI=1S/C22H32BN5O9S/c1-10(29)26-18-20(32)19(31)13(37-21(18)36-11-5-6-15(23(34)35)24-7-11)8-25-16(30)4-2-3-14-17-12(9-38-14)27-22(33)28-17/h5-7,12-14,17-21,31-32,34-35H,2-4,8-9H2,1H3,(H,25,30)(H,26,29)(H2,27,28,33)/t12-,13?,14-,17-,18?,19+,20+,21+/m0/s1. The van der Waals surface area contributed by atoms with Gasteiger partial charge in [0.15, 0.2) is 0 Å². The number of amides is 4. The number of fused-ring (bicyclic) bond motifs is 1. The van der Waals surface area contributed by atoms with Gasteiger partial charge in [0.05, 0.1) is 23.9 Å². The van der Waals surface area contributed by atoms with E-state index < -0.39 is 43.7 Å². The zero-order valence-corrected chi connectivity index (χ0v) is 21.5. The number of aromatic nitrogens is 1. The summed E-state index contributed by atoms with van der Waals surface area (Å²) in [7, 11) is -1.76. The van der Waals surface area contributed by atoms with E-state index >= 15 is 0 Å². The van der Waals surface area contributed by atoms with Crippen molar-refractivity contribution in [2.24, 2.45) is 0 Å². The third kappa shape index (κ3) is 6.87. The van der Waals surface area contributed by atoms with E-state index in [1.807, 2.05) is 0 Å². The Morgan fingerprint density at radius 3 is 2.74 bits per heavy atom. The topological polar surface area (TPSA) is 212 Å². The molecule has 208 valence electrons. The van der Waals surface area contributed by atoms with Crippen LogP contribution in [0.5, 0.6) is 5.75 Å². The number of aliphatic hydroxyl groups excluding tert-OH is 2. The molecule has 1 aromatic heterocycles. The zero-order chi connectivity index (χ0) is 27.4. The highest BCUT2D eigenvalue weighted by molar-refractivity contribution is 8.00. The largest absolute Gasteiger partial charge is 0.508 e. The van der Waals surface area contributed by atoms with E-state index in [9.17, 15) is 34.6 Å². The zero-order valence-electron chi connectivity index (χ0n) is 20.6. The smallest absolute Gasteiger partial charge is 0.461 e. The van der Waals surface area contributed by atoms with Crippen LogP contribution in [0.15, 0.2) is 18.3 Å². The Hall–Kier alpha value is -2.63. The number of carbonyl (C=O) groups is 3. The van der Waals surface area contributed by atoms with Crippen molar-refractivity contribution < 1.29 is 44.1 Å². The maximum atomic E-state index is 12.5. The minimum absolute atomic E-state index is 0.00706. The molecule has 3 aliphatic heterocycles. The van der Waals surface area contributed by atoms with Crippen molar-refractivity contribution in [3.8, 4) is 5.75 Å². The Balaban J connectivity index is 1.29. The molecule has 0 spiro atoms. The molecule has 8 atom stereocenters. The molecule has 0 radical (unpaired) electrons. The Labute approximate surface area is 223 Å². The lowest BCUT2D eigenvalue weighted by Crippen LogP contribution is -2.66. The predicted molar refractivity (Wildman–Crippen MR) is 135 cm³/mol. The molecule has 38 heavy (non-hydrogen) atoms. The van der Waals surface area contributed by atoms with Crippen LogP contribution in [0, 0.1) is 0 Å². The summed E-state index contributed by atoms with van der Waals surface area (Å²) in [5, 5.41) is 50.9. The summed E-state index contributed by atoms with van der Waals surface area (Å²) < 4.78 is 11.6. The summed E-state index contributed by atoms with van der Waals surface area (Å²) >= 11 is 1.77. The Kier molecular flexibility index (Phi) is 9.33. The minimum Gasteiger partial charge on any atom is -0.461 e. The van der Waals surface area contributed by atoms with Gasteiger partial charge in [-0.2, -0.15) is 11.8 Å². The second-order valence-electron chi connectivity index (χ2n) is 9.48. The van der Waals surface area contributed by atoms with E-state index in [0.717, 1.165) is 12.2 Å². The van der Waals surface area contributed by atoms with E-state index in [1.165, 1.54) is 25.3 Å². The van der Waals surface area contributed by atoms with Gasteiger partial charge in [0, 0.05) is 30.9 Å². The van der Waals surface area contributed by atoms with Gasteiger partial charge in [0.1, 0.15) is 30.1 Å². The van der Waals surface area contributed by atoms with Crippen LogP contribution in [-0.2, 0) is 14.3 Å². The molecule has 3 saturated heterocycles. The number of ether oxygens (including phenoxy) is 2. The Bertz CT molecular complexity index is 1010. The number of pyridine rings is 1. The van der Waals surface area contributed by atoms with Crippen LogP contribution in [0.1, 0.15) is 26.2 Å². The van der Waals surface area contributed by atoms with Crippen LogP contribution in [0.3, 0.4) is 0 Å². The molecule has 0 aromatic carbocycles. The molecule has 8 N–H and O–H groups in total. The summed E-state index contributed by atoms with van der Waals surface area (Å²) in [4.78, 5) is 39.5. The molecule has 16 heteroatoms. The predicted octanol–water partition coefficient (Wildman–Crippen LogP) is -3.46. The minimum atomic E-state index is -1.76. The van der Waals surface area contributed by atoms with Crippen LogP contribution < -0.4 is 31.6 Å². The van der Waals surface area contributed by atoms with Gasteiger partial charge in [0.25, 0.3) is 0 Å². The van der Waals surface area contributed by atoms with Crippen molar-refractivity contribution in [2.45, 2.75) is 74.2 Å². The van der Waals surface area contributed by atoms with Gasteiger partial charge in [0.2, 0.25) is 18.1 Å². The molecule has 4 amide bonds. The molecule has 14 nitrogen and oxygen atoms in total. The molecule has 4 rings (SSSR count). The lowest BCUT2D eigenvalue weighted by molar-refractivity contribution is -0.235. The number of aliphatic hydroxyl groups is 2. The fourth-order valence-corrected chi connectivity index (χ4v) is 6.29. The highest BCUT2D eigenvalue weighted by atomic mass is 32.2. The van der Waals surface area contributed by atoms with Crippen molar-refractivity contribution in [2.75, 3.05) is 12.3 Å². The molecular weight excluding hydrogens is 521 g/mol. The maximum Gasteiger partial charge on any atom is 0.508 e. The molecule has 3 aliphatic rings. The van der Waals surface area contributed by atoms with Crippen LogP contribution in [0.4, 0.5) is 4.79 Å². The number of thioether (sulfide) groups is 1. The SMILES string of the molecule is CC(=O)NC1[C@H](Oc2ccc(B(O)O)nc2)OC(CNC(=O)CCC[C@@H]2SC[C@@H]3NC(=O)N[C@@H]32)[C@@H](O)[C@@H]1O. The summed E-state index contributed by atoms with van der Waals surface area (Å²) in [5.74, 6) is 0.252. The van der Waals surface area contributed by atoms with Gasteiger partial charge in [-0.25, -0.2) is 4.79 Å². The van der Waals surface area contributed by atoms with Gasteiger partial charge in [-0.1, -0.05) is 0 Å². The first-order chi connectivity index (χ1) is 18.1. The molecule has 0 bridgehead atoms. The third-order valence-electron chi connectivity index (χ3n) is 6.68. The maximum absolute atomic E-state index is 12.5. The number of hydrogen-bond acceptors (Lipinski definition) is 11. The van der Waals surface area contributed by atoms with Crippen molar-refractivity contribution in [3.63, 3.8) is 0 Å². The van der Waals surface area contributed by atoms with Gasteiger partial charge in [-0.3, -0.25) is 14.6 Å². The molecule has 2 unspecified atom stereocenters. The first-order valence-electron chi connectivity index (χ1n) is 12.3. The number of nitrogens with zero attached hydrogens (tertiary/aromatic N) is 1. The first-order valence-corrected chi connectivity index (χ1v) is 13.4. The normalized spacial score (nSPS) is 32.1.